The van der Waals surface area contributed by atoms with Crippen molar-refractivity contribution < 1.29 is 14.3 Å². The average Bonchev–Trinajstić information content (AvgIpc) is 2.76. The van der Waals surface area contributed by atoms with Crippen molar-refractivity contribution in [3.63, 3.8) is 0 Å². The number of benzene rings is 2. The summed E-state index contributed by atoms with van der Waals surface area (Å²) in [6, 6.07) is 16.3. The summed E-state index contributed by atoms with van der Waals surface area (Å²) in [4.78, 5) is 27.3. The van der Waals surface area contributed by atoms with Crippen molar-refractivity contribution in [3.05, 3.63) is 65.2 Å². The number of amides is 2. The van der Waals surface area contributed by atoms with E-state index in [4.69, 9.17) is 16.3 Å². The van der Waals surface area contributed by atoms with Gasteiger partial charge in [0.05, 0.1) is 6.61 Å². The second-order valence-corrected chi connectivity index (χ2v) is 7.84. The number of nitrogens with one attached hydrogen (secondary N) is 1. The van der Waals surface area contributed by atoms with Crippen LogP contribution in [0.5, 0.6) is 5.75 Å². The molecule has 162 valence electrons. The van der Waals surface area contributed by atoms with Gasteiger partial charge >= 0.3 is 0 Å². The highest BCUT2D eigenvalue weighted by Crippen LogP contribution is 2.16. The number of rotatable bonds is 11. The Kier molecular flexibility index (Phi) is 9.68. The molecule has 0 unspecified atom stereocenters. The van der Waals surface area contributed by atoms with Crippen molar-refractivity contribution >= 4 is 23.4 Å². The highest BCUT2D eigenvalue weighted by molar-refractivity contribution is 6.30. The van der Waals surface area contributed by atoms with Crippen molar-refractivity contribution in [3.8, 4) is 5.75 Å². The smallest absolute Gasteiger partial charge is 0.242 e. The lowest BCUT2D eigenvalue weighted by atomic mass is 10.1. The Morgan fingerprint density at radius 2 is 1.73 bits per heavy atom. The quantitative estimate of drug-likeness (QED) is 0.519. The number of carbonyl (C=O) groups excluding carboxylic acids is 2. The molecule has 0 aromatic heterocycles. The Balaban J connectivity index is 2.00. The van der Waals surface area contributed by atoms with Gasteiger partial charge in [-0.15, -0.1) is 0 Å². The number of nitrogens with zero attached hydrogens (tertiary/aromatic N) is 1. The summed E-state index contributed by atoms with van der Waals surface area (Å²) in [5.74, 6) is 0.560. The molecule has 6 heteroatoms. The number of ether oxygens (including phenoxy) is 1. The Bertz CT molecular complexity index is 796. The third kappa shape index (κ3) is 7.71. The maximum absolute atomic E-state index is 13.0. The third-order valence-corrected chi connectivity index (χ3v) is 5.23. The molecule has 2 atom stereocenters. The first-order valence-corrected chi connectivity index (χ1v) is 10.8. The van der Waals surface area contributed by atoms with Crippen molar-refractivity contribution in [2.45, 2.75) is 58.7 Å². The van der Waals surface area contributed by atoms with E-state index in [9.17, 15) is 9.59 Å². The fraction of sp³-hybridized carbons (Fsp3) is 0.417. The molecule has 0 aliphatic carbocycles. The zero-order valence-electron chi connectivity index (χ0n) is 17.9. The van der Waals surface area contributed by atoms with Crippen LogP contribution in [0.15, 0.2) is 54.6 Å². The highest BCUT2D eigenvalue weighted by atomic mass is 35.5. The number of para-hydroxylation sites is 1. The highest BCUT2D eigenvalue weighted by Gasteiger charge is 2.26. The van der Waals surface area contributed by atoms with Gasteiger partial charge in [-0.1, -0.05) is 48.9 Å². The standard InChI is InChI=1S/C24H31ClN2O3/c1-4-18(2)26-24(29)19(3)27(17-20-12-14-21(25)15-13-20)23(28)11-8-16-30-22-9-6-5-7-10-22/h5-7,9-10,12-15,18-19H,4,8,11,16-17H2,1-3H3,(H,26,29)/t18-,19-/m0/s1. The number of hydrogen-bond donors (Lipinski definition) is 1. The van der Waals surface area contributed by atoms with Gasteiger partial charge in [0.1, 0.15) is 11.8 Å². The predicted molar refractivity (Wildman–Crippen MR) is 121 cm³/mol. The van der Waals surface area contributed by atoms with E-state index in [1.807, 2.05) is 56.3 Å². The van der Waals surface area contributed by atoms with Crippen LogP contribution in [0.4, 0.5) is 0 Å². The molecule has 0 heterocycles. The molecule has 30 heavy (non-hydrogen) atoms. The molecule has 5 nitrogen and oxygen atoms in total. The molecule has 0 fully saturated rings. The minimum absolute atomic E-state index is 0.0618. The van der Waals surface area contributed by atoms with Gasteiger partial charge in [0, 0.05) is 24.0 Å². The Labute approximate surface area is 184 Å². The van der Waals surface area contributed by atoms with Crippen LogP contribution in [0.2, 0.25) is 5.02 Å². The van der Waals surface area contributed by atoms with Gasteiger partial charge in [-0.3, -0.25) is 9.59 Å². The molecule has 1 N–H and O–H groups in total. The molecule has 0 radical (unpaired) electrons. The molecule has 2 amide bonds. The summed E-state index contributed by atoms with van der Waals surface area (Å²) in [5.41, 5.74) is 0.927. The van der Waals surface area contributed by atoms with Gasteiger partial charge < -0.3 is 15.0 Å². The second kappa shape index (κ2) is 12.2. The molecule has 0 saturated heterocycles. The van der Waals surface area contributed by atoms with Gasteiger partial charge in [0.15, 0.2) is 0 Å². The maximum Gasteiger partial charge on any atom is 0.242 e. The van der Waals surface area contributed by atoms with Crippen LogP contribution >= 0.6 is 11.6 Å². The van der Waals surface area contributed by atoms with Crippen LogP contribution in [0.3, 0.4) is 0 Å². The van der Waals surface area contributed by atoms with Gasteiger partial charge in [-0.05, 0) is 56.5 Å². The maximum atomic E-state index is 13.0. The van der Waals surface area contributed by atoms with Crippen molar-refractivity contribution in [2.75, 3.05) is 6.61 Å². The Morgan fingerprint density at radius 3 is 2.37 bits per heavy atom. The lowest BCUT2D eigenvalue weighted by Gasteiger charge is -2.29. The van der Waals surface area contributed by atoms with E-state index in [1.54, 1.807) is 24.0 Å². The van der Waals surface area contributed by atoms with E-state index in [2.05, 4.69) is 5.32 Å². The predicted octanol–water partition coefficient (Wildman–Crippen LogP) is 4.83. The lowest BCUT2D eigenvalue weighted by Crippen LogP contribution is -2.49. The first-order valence-electron chi connectivity index (χ1n) is 10.4. The molecule has 0 bridgehead atoms. The van der Waals surface area contributed by atoms with Crippen molar-refractivity contribution in [1.29, 1.82) is 0 Å². The number of hydrogen-bond acceptors (Lipinski definition) is 3. The van der Waals surface area contributed by atoms with E-state index in [0.717, 1.165) is 17.7 Å². The molecular formula is C24H31ClN2O3. The SMILES string of the molecule is CC[C@H](C)NC(=O)[C@H](C)N(Cc1ccc(Cl)cc1)C(=O)CCCOc1ccccc1. The van der Waals surface area contributed by atoms with Crippen LogP contribution in [-0.2, 0) is 16.1 Å². The van der Waals surface area contributed by atoms with Gasteiger partial charge in [0.2, 0.25) is 11.8 Å². The minimum atomic E-state index is -0.572. The van der Waals surface area contributed by atoms with Gasteiger partial charge in [-0.25, -0.2) is 0 Å². The first-order chi connectivity index (χ1) is 14.4. The molecule has 2 aromatic carbocycles. The van der Waals surface area contributed by atoms with E-state index >= 15 is 0 Å². The molecule has 0 spiro atoms. The number of carbonyl (C=O) groups is 2. The summed E-state index contributed by atoms with van der Waals surface area (Å²) in [6.45, 7) is 6.53. The fourth-order valence-corrected chi connectivity index (χ4v) is 3.03. The Morgan fingerprint density at radius 1 is 1.07 bits per heavy atom. The molecule has 2 rings (SSSR count). The van der Waals surface area contributed by atoms with Crippen LogP contribution in [0.25, 0.3) is 0 Å². The topological polar surface area (TPSA) is 58.6 Å². The van der Waals surface area contributed by atoms with E-state index < -0.39 is 6.04 Å². The zero-order chi connectivity index (χ0) is 21.9. The van der Waals surface area contributed by atoms with Gasteiger partial charge in [-0.2, -0.15) is 0 Å². The van der Waals surface area contributed by atoms with E-state index in [0.29, 0.717) is 31.0 Å². The molecule has 2 aromatic rings. The van der Waals surface area contributed by atoms with Crippen LogP contribution in [-0.4, -0.2) is 35.4 Å². The second-order valence-electron chi connectivity index (χ2n) is 7.41. The normalized spacial score (nSPS) is 12.7. The molecule has 0 saturated carbocycles. The summed E-state index contributed by atoms with van der Waals surface area (Å²) in [7, 11) is 0. The lowest BCUT2D eigenvalue weighted by molar-refractivity contribution is -0.141. The van der Waals surface area contributed by atoms with Gasteiger partial charge in [0.25, 0.3) is 0 Å². The molecule has 0 aliphatic heterocycles. The minimum Gasteiger partial charge on any atom is -0.494 e. The van der Waals surface area contributed by atoms with Crippen LogP contribution in [0, 0.1) is 0 Å². The molecule has 0 aliphatic rings. The Hall–Kier alpha value is -2.53. The van der Waals surface area contributed by atoms with Crippen molar-refractivity contribution in [1.82, 2.24) is 10.2 Å². The third-order valence-electron chi connectivity index (χ3n) is 4.98. The first kappa shape index (κ1) is 23.7. The van der Waals surface area contributed by atoms with Crippen LogP contribution in [0.1, 0.15) is 45.6 Å². The summed E-state index contributed by atoms with van der Waals surface area (Å²) < 4.78 is 5.68. The average molecular weight is 431 g/mol. The van der Waals surface area contributed by atoms with E-state index in [-0.39, 0.29) is 17.9 Å². The summed E-state index contributed by atoms with van der Waals surface area (Å²) in [5, 5.41) is 3.61. The van der Waals surface area contributed by atoms with Crippen molar-refractivity contribution in [2.24, 2.45) is 0 Å². The number of halogens is 1. The fourth-order valence-electron chi connectivity index (χ4n) is 2.91. The van der Waals surface area contributed by atoms with E-state index in [1.165, 1.54) is 0 Å². The molecular weight excluding hydrogens is 400 g/mol. The largest absolute Gasteiger partial charge is 0.494 e. The summed E-state index contributed by atoms with van der Waals surface area (Å²) in [6.07, 6.45) is 1.71. The zero-order valence-corrected chi connectivity index (χ0v) is 18.7. The summed E-state index contributed by atoms with van der Waals surface area (Å²) >= 11 is 5.97. The monoisotopic (exact) mass is 430 g/mol. The van der Waals surface area contributed by atoms with Crippen LogP contribution < -0.4 is 10.1 Å².